The fraction of sp³-hybridized carbons (Fsp3) is 0.600. The maximum atomic E-state index is 13.1. The maximum absolute atomic E-state index is 13.1. The highest BCUT2D eigenvalue weighted by molar-refractivity contribution is 7.22. The molecule has 1 saturated carbocycles. The number of non-ortho nitro benzene ring substituents is 1. The third-order valence-corrected chi connectivity index (χ3v) is 7.39. The Hall–Kier alpha value is -2.31. The van der Waals surface area contributed by atoms with Gasteiger partial charge in [-0.2, -0.15) is 18.2 Å². The Balaban J connectivity index is 1.56. The Bertz CT molecular complexity index is 1070. The van der Waals surface area contributed by atoms with Crippen molar-refractivity contribution in [2.45, 2.75) is 44.8 Å². The number of rotatable bonds is 4. The molecule has 2 unspecified atom stereocenters. The number of anilines is 1. The lowest BCUT2D eigenvalue weighted by atomic mass is 9.86. The van der Waals surface area contributed by atoms with Crippen molar-refractivity contribution in [3.05, 3.63) is 38.2 Å². The van der Waals surface area contributed by atoms with Crippen LogP contribution in [-0.2, 0) is 6.18 Å². The third kappa shape index (κ3) is 4.71. The van der Waals surface area contributed by atoms with Crippen molar-refractivity contribution in [1.29, 1.82) is 0 Å². The summed E-state index contributed by atoms with van der Waals surface area (Å²) in [6.45, 7) is 4.71. The molecule has 0 radical (unpaired) electrons. The summed E-state index contributed by atoms with van der Waals surface area (Å²) in [5.74, 6) is 0.608. The van der Waals surface area contributed by atoms with E-state index in [1.165, 1.54) is 19.3 Å². The number of halogens is 3. The van der Waals surface area contributed by atoms with Gasteiger partial charge in [-0.05, 0) is 24.8 Å². The monoisotopic (exact) mass is 471 g/mol. The number of hydrazine groups is 1. The molecule has 1 saturated heterocycles. The van der Waals surface area contributed by atoms with E-state index >= 15 is 0 Å². The summed E-state index contributed by atoms with van der Waals surface area (Å²) >= 11 is 0.886. The lowest BCUT2D eigenvalue weighted by Gasteiger charge is -2.39. The molecule has 0 spiro atoms. The molecule has 2 atom stereocenters. The van der Waals surface area contributed by atoms with Gasteiger partial charge >= 0.3 is 6.18 Å². The number of nitro groups is 1. The zero-order valence-electron chi connectivity index (χ0n) is 17.5. The Labute approximate surface area is 186 Å². The average Bonchev–Trinajstić information content (AvgIpc) is 2.74. The first kappa shape index (κ1) is 22.9. The van der Waals surface area contributed by atoms with Gasteiger partial charge in [-0.3, -0.25) is 20.3 Å². The second-order valence-corrected chi connectivity index (χ2v) is 9.38. The number of hydrogen-bond donors (Lipinski definition) is 1. The standard InChI is InChI=1S/C20H24F3N5O3S/c1-12-4-2-3-5-15(12)25-27-8-6-26(7-9-27)19-24-18(29)14-10-13(20(21,22)23)11-16(28(30)31)17(14)32-19/h10-12,15,25H,2-9H2,1H3. The van der Waals surface area contributed by atoms with Crippen molar-refractivity contribution in [2.24, 2.45) is 5.92 Å². The second kappa shape index (κ2) is 8.91. The van der Waals surface area contributed by atoms with Crippen LogP contribution in [0.5, 0.6) is 0 Å². The van der Waals surface area contributed by atoms with Gasteiger partial charge in [0.05, 0.1) is 15.9 Å². The lowest BCUT2D eigenvalue weighted by molar-refractivity contribution is -0.383. The zero-order valence-corrected chi connectivity index (χ0v) is 18.3. The van der Waals surface area contributed by atoms with Gasteiger partial charge < -0.3 is 4.90 Å². The molecule has 0 amide bonds. The highest BCUT2D eigenvalue weighted by Crippen LogP contribution is 2.38. The van der Waals surface area contributed by atoms with Crippen LogP contribution in [0.25, 0.3) is 10.1 Å². The summed E-state index contributed by atoms with van der Waals surface area (Å²) in [5.41, 5.74) is 0.749. The van der Waals surface area contributed by atoms with Gasteiger partial charge in [-0.1, -0.05) is 31.1 Å². The van der Waals surface area contributed by atoms with E-state index in [1.807, 2.05) is 4.90 Å². The molecule has 2 aliphatic rings. The lowest BCUT2D eigenvalue weighted by Crippen LogP contribution is -2.56. The number of benzene rings is 1. The molecule has 1 N–H and O–H groups in total. The molecular weight excluding hydrogens is 447 g/mol. The largest absolute Gasteiger partial charge is 0.416 e. The summed E-state index contributed by atoms with van der Waals surface area (Å²) in [5, 5.41) is 13.5. The Morgan fingerprint density at radius 3 is 2.50 bits per heavy atom. The summed E-state index contributed by atoms with van der Waals surface area (Å²) in [7, 11) is 0. The predicted octanol–water partition coefficient (Wildman–Crippen LogP) is 3.79. The van der Waals surface area contributed by atoms with Crippen molar-refractivity contribution in [3.8, 4) is 0 Å². The smallest absolute Gasteiger partial charge is 0.345 e. The zero-order chi connectivity index (χ0) is 23.0. The molecule has 174 valence electrons. The number of nitrogens with zero attached hydrogens (tertiary/aromatic N) is 4. The van der Waals surface area contributed by atoms with Crippen LogP contribution in [0.1, 0.15) is 38.2 Å². The van der Waals surface area contributed by atoms with Crippen LogP contribution in [-0.4, -0.2) is 47.1 Å². The quantitative estimate of drug-likeness (QED) is 0.536. The van der Waals surface area contributed by atoms with Gasteiger partial charge in [-0.25, -0.2) is 5.01 Å². The van der Waals surface area contributed by atoms with Gasteiger partial charge in [0, 0.05) is 38.3 Å². The van der Waals surface area contributed by atoms with Crippen LogP contribution in [0.4, 0.5) is 24.0 Å². The van der Waals surface area contributed by atoms with Crippen LogP contribution in [0.15, 0.2) is 16.9 Å². The van der Waals surface area contributed by atoms with Crippen molar-refractivity contribution in [1.82, 2.24) is 15.4 Å². The van der Waals surface area contributed by atoms with Gasteiger partial charge in [0.1, 0.15) is 4.70 Å². The number of alkyl halides is 3. The minimum Gasteiger partial charge on any atom is -0.345 e. The van der Waals surface area contributed by atoms with E-state index < -0.39 is 27.9 Å². The Morgan fingerprint density at radius 2 is 1.88 bits per heavy atom. The highest BCUT2D eigenvalue weighted by Gasteiger charge is 2.34. The molecule has 32 heavy (non-hydrogen) atoms. The van der Waals surface area contributed by atoms with Crippen LogP contribution in [0.2, 0.25) is 0 Å². The first-order valence-corrected chi connectivity index (χ1v) is 11.4. The van der Waals surface area contributed by atoms with Crippen LogP contribution >= 0.6 is 11.3 Å². The number of nitro benzene ring substituents is 1. The van der Waals surface area contributed by atoms with Crippen LogP contribution in [0.3, 0.4) is 0 Å². The van der Waals surface area contributed by atoms with Gasteiger partial charge in [-0.15, -0.1) is 0 Å². The normalized spacial score (nSPS) is 22.9. The maximum Gasteiger partial charge on any atom is 0.416 e. The van der Waals surface area contributed by atoms with Crippen LogP contribution in [0, 0.1) is 16.0 Å². The fourth-order valence-corrected chi connectivity index (χ4v) is 5.46. The SMILES string of the molecule is CC1CCCCC1NN1CCN(c2nc(=O)c3cc(C(F)(F)F)cc([N+](=O)[O-])c3s2)CC1. The molecule has 1 aliphatic heterocycles. The molecule has 12 heteroatoms. The Morgan fingerprint density at radius 1 is 1.19 bits per heavy atom. The van der Waals surface area contributed by atoms with E-state index in [9.17, 15) is 28.1 Å². The van der Waals surface area contributed by atoms with Gasteiger partial charge in [0.2, 0.25) is 0 Å². The molecule has 2 aromatic rings. The van der Waals surface area contributed by atoms with Crippen molar-refractivity contribution in [3.63, 3.8) is 0 Å². The Kier molecular flexibility index (Phi) is 6.37. The number of fused-ring (bicyclic) bond motifs is 1. The van der Waals surface area contributed by atoms with E-state index in [2.05, 4.69) is 22.3 Å². The highest BCUT2D eigenvalue weighted by atomic mass is 32.1. The van der Waals surface area contributed by atoms with E-state index in [4.69, 9.17) is 0 Å². The summed E-state index contributed by atoms with van der Waals surface area (Å²) in [6.07, 6.45) is 0.0240. The van der Waals surface area contributed by atoms with Crippen molar-refractivity contribution >= 4 is 32.2 Å². The second-order valence-electron chi connectivity index (χ2n) is 8.40. The molecule has 1 aliphatic carbocycles. The number of nitrogens with one attached hydrogen (secondary N) is 1. The topological polar surface area (TPSA) is 91.6 Å². The fourth-order valence-electron chi connectivity index (χ4n) is 4.34. The molecule has 4 rings (SSSR count). The molecule has 2 fully saturated rings. The average molecular weight is 472 g/mol. The molecular formula is C20H24F3N5O3S. The predicted molar refractivity (Wildman–Crippen MR) is 116 cm³/mol. The van der Waals surface area contributed by atoms with E-state index in [0.717, 1.165) is 17.8 Å². The first-order valence-electron chi connectivity index (χ1n) is 10.6. The van der Waals surface area contributed by atoms with Crippen molar-refractivity contribution in [2.75, 3.05) is 31.1 Å². The summed E-state index contributed by atoms with van der Waals surface area (Å²) in [4.78, 5) is 28.9. The minimum atomic E-state index is -4.80. The minimum absolute atomic E-state index is 0.0883. The molecule has 8 nitrogen and oxygen atoms in total. The van der Waals surface area contributed by atoms with Crippen LogP contribution < -0.4 is 15.9 Å². The molecule has 1 aromatic carbocycles. The first-order chi connectivity index (χ1) is 15.1. The van der Waals surface area contributed by atoms with Crippen molar-refractivity contribution < 1.29 is 18.1 Å². The van der Waals surface area contributed by atoms with E-state index in [1.54, 1.807) is 0 Å². The van der Waals surface area contributed by atoms with Gasteiger partial charge in [0.15, 0.2) is 5.13 Å². The summed E-state index contributed by atoms with van der Waals surface area (Å²) in [6, 6.07) is 1.57. The number of piperazine rings is 1. The number of hydrogen-bond acceptors (Lipinski definition) is 8. The van der Waals surface area contributed by atoms with E-state index in [0.29, 0.717) is 50.3 Å². The summed E-state index contributed by atoms with van der Waals surface area (Å²) < 4.78 is 39.3. The third-order valence-electron chi connectivity index (χ3n) is 6.22. The molecule has 0 bridgehead atoms. The van der Waals surface area contributed by atoms with E-state index in [-0.39, 0.29) is 15.2 Å². The van der Waals surface area contributed by atoms with Gasteiger partial charge in [0.25, 0.3) is 11.2 Å². The molecule has 1 aromatic heterocycles. The molecule has 2 heterocycles. The number of aromatic nitrogens is 1.